The lowest BCUT2D eigenvalue weighted by Gasteiger charge is -2.06. The Kier molecular flexibility index (Phi) is 3.88. The van der Waals surface area contributed by atoms with Crippen molar-refractivity contribution in [2.45, 2.75) is 6.92 Å². The zero-order chi connectivity index (χ0) is 13.0. The highest BCUT2D eigenvalue weighted by molar-refractivity contribution is 6.28. The summed E-state index contributed by atoms with van der Waals surface area (Å²) in [6.07, 6.45) is 0. The first-order valence-corrected chi connectivity index (χ1v) is 5.62. The monoisotopic (exact) mass is 268 g/mol. The number of hydrogen-bond donors (Lipinski definition) is 1. The number of halogens is 2. The molecular weight excluding hydrogens is 259 g/mol. The van der Waals surface area contributed by atoms with E-state index in [1.54, 1.807) is 12.1 Å². The van der Waals surface area contributed by atoms with Gasteiger partial charge in [-0.2, -0.15) is 15.0 Å². The second-order valence-electron chi connectivity index (χ2n) is 3.28. The fraction of sp³-hybridized carbons (Fsp3) is 0.182. The molecule has 0 fully saturated rings. The highest BCUT2D eigenvalue weighted by Gasteiger charge is 2.06. The summed E-state index contributed by atoms with van der Waals surface area (Å²) in [5.74, 6) is -0.0747. The average Bonchev–Trinajstić information content (AvgIpc) is 2.32. The molecule has 0 amide bonds. The van der Waals surface area contributed by atoms with Gasteiger partial charge in [-0.05, 0) is 42.8 Å². The van der Waals surface area contributed by atoms with Crippen LogP contribution >= 0.6 is 11.6 Å². The molecule has 0 spiro atoms. The molecule has 0 aliphatic rings. The SMILES string of the molecule is CCOc1nc(Cl)nc(Nc2ccc(F)cc2)n1. The number of anilines is 2. The Morgan fingerprint density at radius 3 is 2.61 bits per heavy atom. The lowest BCUT2D eigenvalue weighted by molar-refractivity contribution is 0.312. The molecule has 1 aromatic carbocycles. The number of aromatic nitrogens is 3. The maximum Gasteiger partial charge on any atom is 0.322 e. The molecule has 1 N–H and O–H groups in total. The summed E-state index contributed by atoms with van der Waals surface area (Å²) < 4.78 is 17.9. The van der Waals surface area contributed by atoms with E-state index in [2.05, 4.69) is 20.3 Å². The van der Waals surface area contributed by atoms with Crippen LogP contribution in [0.4, 0.5) is 16.0 Å². The topological polar surface area (TPSA) is 59.9 Å². The van der Waals surface area contributed by atoms with Crippen LogP contribution in [0.3, 0.4) is 0 Å². The van der Waals surface area contributed by atoms with Crippen molar-refractivity contribution >= 4 is 23.2 Å². The second kappa shape index (κ2) is 5.59. The summed E-state index contributed by atoms with van der Waals surface area (Å²) in [5, 5.41) is 2.90. The van der Waals surface area contributed by atoms with Crippen LogP contribution in [0, 0.1) is 5.82 Å². The molecule has 2 aromatic rings. The Morgan fingerprint density at radius 2 is 1.94 bits per heavy atom. The third-order valence-corrected chi connectivity index (χ3v) is 2.13. The minimum absolute atomic E-state index is 0.0260. The van der Waals surface area contributed by atoms with E-state index < -0.39 is 0 Å². The molecule has 0 unspecified atom stereocenters. The summed E-state index contributed by atoms with van der Waals surface area (Å²) >= 11 is 5.73. The highest BCUT2D eigenvalue weighted by atomic mass is 35.5. The molecule has 94 valence electrons. The number of ether oxygens (including phenoxy) is 1. The number of nitrogens with zero attached hydrogens (tertiary/aromatic N) is 3. The summed E-state index contributed by atoms with van der Waals surface area (Å²) in [4.78, 5) is 11.7. The minimum Gasteiger partial charge on any atom is -0.464 e. The van der Waals surface area contributed by atoms with Gasteiger partial charge in [0.25, 0.3) is 0 Å². The van der Waals surface area contributed by atoms with Gasteiger partial charge in [-0.1, -0.05) is 0 Å². The molecule has 1 aromatic heterocycles. The molecule has 0 atom stereocenters. The summed E-state index contributed by atoms with van der Waals surface area (Å²) in [6.45, 7) is 2.24. The van der Waals surface area contributed by atoms with Gasteiger partial charge >= 0.3 is 6.01 Å². The predicted octanol–water partition coefficient (Wildman–Crippen LogP) is 2.81. The first-order chi connectivity index (χ1) is 8.67. The lowest BCUT2D eigenvalue weighted by atomic mass is 10.3. The first-order valence-electron chi connectivity index (χ1n) is 5.24. The minimum atomic E-state index is -0.316. The third kappa shape index (κ3) is 3.27. The summed E-state index contributed by atoms with van der Waals surface area (Å²) in [7, 11) is 0. The van der Waals surface area contributed by atoms with E-state index in [0.29, 0.717) is 12.3 Å². The quantitative estimate of drug-likeness (QED) is 0.924. The Labute approximate surface area is 108 Å². The maximum atomic E-state index is 12.7. The highest BCUT2D eigenvalue weighted by Crippen LogP contribution is 2.16. The molecule has 0 saturated carbocycles. The van der Waals surface area contributed by atoms with Gasteiger partial charge in [0.05, 0.1) is 6.61 Å². The zero-order valence-electron chi connectivity index (χ0n) is 9.52. The molecule has 0 saturated heterocycles. The van der Waals surface area contributed by atoms with Crippen LogP contribution in [0.1, 0.15) is 6.92 Å². The molecule has 0 bridgehead atoms. The first kappa shape index (κ1) is 12.5. The molecule has 18 heavy (non-hydrogen) atoms. The van der Waals surface area contributed by atoms with Crippen molar-refractivity contribution in [1.29, 1.82) is 0 Å². The number of rotatable bonds is 4. The summed E-state index contributed by atoms with van der Waals surface area (Å²) in [6, 6.07) is 5.92. The predicted molar refractivity (Wildman–Crippen MR) is 65.7 cm³/mol. The van der Waals surface area contributed by atoms with Gasteiger partial charge in [0.15, 0.2) is 0 Å². The Hall–Kier alpha value is -1.95. The normalized spacial score (nSPS) is 10.2. The smallest absolute Gasteiger partial charge is 0.322 e. The Morgan fingerprint density at radius 1 is 1.22 bits per heavy atom. The van der Waals surface area contributed by atoms with Crippen molar-refractivity contribution in [3.8, 4) is 6.01 Å². The molecule has 5 nitrogen and oxygen atoms in total. The van der Waals surface area contributed by atoms with Crippen LogP contribution < -0.4 is 10.1 Å². The van der Waals surface area contributed by atoms with Crippen molar-refractivity contribution in [2.75, 3.05) is 11.9 Å². The van der Waals surface area contributed by atoms with Gasteiger partial charge in [-0.3, -0.25) is 0 Å². The van der Waals surface area contributed by atoms with E-state index in [1.165, 1.54) is 12.1 Å². The molecule has 0 aliphatic carbocycles. The molecular formula is C11H10ClFN4O. The lowest BCUT2D eigenvalue weighted by Crippen LogP contribution is -2.03. The summed E-state index contributed by atoms with van der Waals surface area (Å²) in [5.41, 5.74) is 0.640. The van der Waals surface area contributed by atoms with Crippen LogP contribution in [-0.4, -0.2) is 21.6 Å². The Bertz CT molecular complexity index is 535. The van der Waals surface area contributed by atoms with Crippen LogP contribution in [0.2, 0.25) is 5.28 Å². The van der Waals surface area contributed by atoms with Crippen LogP contribution in [0.5, 0.6) is 6.01 Å². The van der Waals surface area contributed by atoms with Gasteiger partial charge in [0, 0.05) is 5.69 Å². The molecule has 2 rings (SSSR count). The van der Waals surface area contributed by atoms with E-state index >= 15 is 0 Å². The van der Waals surface area contributed by atoms with Crippen molar-refractivity contribution in [3.05, 3.63) is 35.4 Å². The maximum absolute atomic E-state index is 12.7. The van der Waals surface area contributed by atoms with Gasteiger partial charge in [-0.15, -0.1) is 0 Å². The second-order valence-corrected chi connectivity index (χ2v) is 3.61. The van der Waals surface area contributed by atoms with Crippen LogP contribution in [-0.2, 0) is 0 Å². The molecule has 0 radical (unpaired) electrons. The Balaban J connectivity index is 2.20. The fourth-order valence-electron chi connectivity index (χ4n) is 1.24. The van der Waals surface area contributed by atoms with E-state index in [9.17, 15) is 4.39 Å². The number of benzene rings is 1. The van der Waals surface area contributed by atoms with Crippen molar-refractivity contribution in [3.63, 3.8) is 0 Å². The van der Waals surface area contributed by atoms with E-state index in [0.717, 1.165) is 0 Å². The standard InChI is InChI=1S/C11H10ClFN4O/c1-2-18-11-16-9(12)15-10(17-11)14-8-5-3-7(13)4-6-8/h3-6H,2H2,1H3,(H,14,15,16,17). The molecule has 0 aliphatic heterocycles. The average molecular weight is 269 g/mol. The van der Waals surface area contributed by atoms with Crippen LogP contribution in [0.25, 0.3) is 0 Å². The van der Waals surface area contributed by atoms with Crippen molar-refractivity contribution in [2.24, 2.45) is 0 Å². The van der Waals surface area contributed by atoms with Gasteiger partial charge < -0.3 is 10.1 Å². The zero-order valence-corrected chi connectivity index (χ0v) is 10.3. The van der Waals surface area contributed by atoms with Crippen molar-refractivity contribution in [1.82, 2.24) is 15.0 Å². The van der Waals surface area contributed by atoms with E-state index in [-0.39, 0.29) is 23.1 Å². The van der Waals surface area contributed by atoms with Gasteiger partial charge in [-0.25, -0.2) is 4.39 Å². The fourth-order valence-corrected chi connectivity index (χ4v) is 1.40. The third-order valence-electron chi connectivity index (χ3n) is 1.96. The van der Waals surface area contributed by atoms with Gasteiger partial charge in [0.2, 0.25) is 11.2 Å². The molecule has 7 heteroatoms. The largest absolute Gasteiger partial charge is 0.464 e. The van der Waals surface area contributed by atoms with Crippen molar-refractivity contribution < 1.29 is 9.13 Å². The number of hydrogen-bond acceptors (Lipinski definition) is 5. The van der Waals surface area contributed by atoms with Crippen LogP contribution in [0.15, 0.2) is 24.3 Å². The van der Waals surface area contributed by atoms with E-state index in [1.807, 2.05) is 6.92 Å². The van der Waals surface area contributed by atoms with Gasteiger partial charge in [0.1, 0.15) is 5.82 Å². The number of nitrogens with one attached hydrogen (secondary N) is 1. The van der Waals surface area contributed by atoms with E-state index in [4.69, 9.17) is 16.3 Å². The molecule has 1 heterocycles.